The Bertz CT molecular complexity index is 1000. The van der Waals surface area contributed by atoms with Crippen molar-refractivity contribution in [3.05, 3.63) is 60.9 Å². The van der Waals surface area contributed by atoms with E-state index < -0.39 is 10.2 Å². The van der Waals surface area contributed by atoms with E-state index in [4.69, 9.17) is 0 Å². The van der Waals surface area contributed by atoms with Crippen molar-refractivity contribution in [3.8, 4) is 0 Å². The maximum Gasteiger partial charge on any atom is 2.00 e. The Kier molecular flexibility index (Phi) is 6.48. The molecular weight excluding hydrogens is 535 g/mol. The average Bonchev–Trinajstić information content (AvgIpc) is 2.61. The molecule has 4 nitrogen and oxygen atoms in total. The van der Waals surface area contributed by atoms with Crippen molar-refractivity contribution < 1.29 is 30.7 Å². The summed E-state index contributed by atoms with van der Waals surface area (Å²) in [4.78, 5) is 28.0. The summed E-state index contributed by atoms with van der Waals surface area (Å²) in [5.74, 6) is 0. The number of hydrogen-bond donors (Lipinski definition) is 0. The van der Waals surface area contributed by atoms with Gasteiger partial charge in [-0.1, -0.05) is 36.4 Å². The normalized spacial score (nSPS) is 9.92. The zero-order valence-electron chi connectivity index (χ0n) is 12.6. The summed E-state index contributed by atoms with van der Waals surface area (Å²) in [7, 11) is 0. The van der Waals surface area contributed by atoms with Gasteiger partial charge in [-0.15, -0.1) is 0 Å². The third-order valence-electron chi connectivity index (χ3n) is 3.49. The second kappa shape index (κ2) is 8.38. The van der Waals surface area contributed by atoms with Crippen LogP contribution in [0.15, 0.2) is 60.9 Å². The number of carbonyl (C=O) groups excluding carboxylic acids is 2. The molecule has 0 aliphatic rings. The molecule has 2 aromatic heterocycles. The van der Waals surface area contributed by atoms with E-state index in [-0.39, 0.29) is 21.1 Å². The first-order chi connectivity index (χ1) is 11.6. The van der Waals surface area contributed by atoms with E-state index >= 15 is 0 Å². The number of benzene rings is 2. The molecule has 4 aromatic rings. The van der Waals surface area contributed by atoms with E-state index in [1.165, 1.54) is 5.39 Å². The van der Waals surface area contributed by atoms with Gasteiger partial charge in [0.1, 0.15) is 0 Å². The SMILES string of the molecule is O=C([S-])C(=O)[S-].[Pt+2].c1cnc2c(c1)ccc1ccc3cccnc3c12. The quantitative estimate of drug-likeness (QED) is 0.208. The molecule has 0 saturated heterocycles. The summed E-state index contributed by atoms with van der Waals surface area (Å²) >= 11 is 7.62. The van der Waals surface area contributed by atoms with Gasteiger partial charge in [-0.2, -0.15) is 0 Å². The van der Waals surface area contributed by atoms with Crippen molar-refractivity contribution >= 4 is 68.1 Å². The van der Waals surface area contributed by atoms with E-state index in [9.17, 15) is 9.59 Å². The van der Waals surface area contributed by atoms with Crippen molar-refractivity contribution in [3.63, 3.8) is 0 Å². The van der Waals surface area contributed by atoms with Crippen LogP contribution in [0.2, 0.25) is 0 Å². The summed E-state index contributed by atoms with van der Waals surface area (Å²) in [5.41, 5.74) is 2.05. The average molecular weight is 546 g/mol. The molecule has 0 aliphatic carbocycles. The molecule has 0 spiro atoms. The fourth-order valence-corrected chi connectivity index (χ4v) is 2.49. The van der Waals surface area contributed by atoms with Gasteiger partial charge >= 0.3 is 21.1 Å². The predicted octanol–water partition coefficient (Wildman–Crippen LogP) is 3.07. The number of hydrogen-bond acceptors (Lipinski definition) is 6. The molecule has 2 heterocycles. The molecule has 0 bridgehead atoms. The number of nitrogens with zero attached hydrogens (tertiary/aromatic N) is 2. The zero-order valence-corrected chi connectivity index (χ0v) is 16.5. The van der Waals surface area contributed by atoms with Crippen LogP contribution in [0.25, 0.3) is 32.6 Å². The van der Waals surface area contributed by atoms with Crippen LogP contribution in [0.3, 0.4) is 0 Å². The molecule has 0 unspecified atom stereocenters. The van der Waals surface area contributed by atoms with Gasteiger partial charge in [-0.25, -0.2) is 0 Å². The molecule has 0 radical (unpaired) electrons. The van der Waals surface area contributed by atoms with Crippen molar-refractivity contribution in [2.75, 3.05) is 0 Å². The van der Waals surface area contributed by atoms with E-state index in [0.29, 0.717) is 0 Å². The molecule has 0 saturated carbocycles. The monoisotopic (exact) mass is 545 g/mol. The number of pyridine rings is 2. The van der Waals surface area contributed by atoms with Crippen molar-refractivity contribution in [2.24, 2.45) is 0 Å². The minimum absolute atomic E-state index is 0. The molecule has 0 aliphatic heterocycles. The van der Waals surface area contributed by atoms with Gasteiger partial charge in [0, 0.05) is 28.6 Å². The Morgan fingerprint density at radius 2 is 1.08 bits per heavy atom. The maximum absolute atomic E-state index is 9.50. The van der Waals surface area contributed by atoms with Gasteiger partial charge in [0.25, 0.3) is 0 Å². The molecule has 0 amide bonds. The topological polar surface area (TPSA) is 59.9 Å². The van der Waals surface area contributed by atoms with Gasteiger partial charge < -0.3 is 34.8 Å². The van der Waals surface area contributed by atoms with E-state index in [2.05, 4.69) is 71.6 Å². The standard InChI is InChI=1S/C16H10N2.C2H2O2S2.Pt/c1-3-12-7-5-11-6-8-13-4-2-10-18-16(13)14(11)15(12)17-9-1;3-1(5)2(4)6;/h1-10H;(H,3,5)(H,4,6);/q;;+2/p-2. The molecular formula is C18H10N2O2PtS2. The Morgan fingerprint density at radius 1 is 0.680 bits per heavy atom. The third kappa shape index (κ3) is 4.15. The van der Waals surface area contributed by atoms with E-state index in [1.54, 1.807) is 0 Å². The fraction of sp³-hybridized carbons (Fsp3) is 0. The number of fused-ring (bicyclic) bond motifs is 5. The summed E-state index contributed by atoms with van der Waals surface area (Å²) in [6.45, 7) is 0. The van der Waals surface area contributed by atoms with Gasteiger partial charge in [-0.3, -0.25) is 9.97 Å². The maximum atomic E-state index is 9.50. The van der Waals surface area contributed by atoms with Crippen LogP contribution in [-0.4, -0.2) is 20.2 Å². The van der Waals surface area contributed by atoms with Crippen LogP contribution in [-0.2, 0) is 55.9 Å². The second-order valence-corrected chi connectivity index (χ2v) is 5.70. The van der Waals surface area contributed by atoms with Crippen LogP contribution < -0.4 is 0 Å². The molecule has 0 N–H and O–H groups in total. The molecule has 25 heavy (non-hydrogen) atoms. The molecule has 7 heteroatoms. The van der Waals surface area contributed by atoms with Crippen molar-refractivity contribution in [1.82, 2.24) is 9.97 Å². The summed E-state index contributed by atoms with van der Waals surface area (Å²) in [6, 6.07) is 16.6. The van der Waals surface area contributed by atoms with Crippen LogP contribution in [0.1, 0.15) is 0 Å². The molecule has 4 rings (SSSR count). The van der Waals surface area contributed by atoms with E-state index in [1.807, 2.05) is 24.5 Å². The van der Waals surface area contributed by atoms with Gasteiger partial charge in [0.15, 0.2) is 0 Å². The first-order valence-electron chi connectivity index (χ1n) is 7.01. The van der Waals surface area contributed by atoms with Crippen molar-refractivity contribution in [2.45, 2.75) is 0 Å². The minimum atomic E-state index is -0.981. The van der Waals surface area contributed by atoms with Crippen LogP contribution in [0, 0.1) is 0 Å². The summed E-state index contributed by atoms with van der Waals surface area (Å²) in [5, 5.41) is 2.68. The molecule has 0 fully saturated rings. The summed E-state index contributed by atoms with van der Waals surface area (Å²) < 4.78 is 0. The van der Waals surface area contributed by atoms with Crippen molar-refractivity contribution in [1.29, 1.82) is 0 Å². The van der Waals surface area contributed by atoms with E-state index in [0.717, 1.165) is 27.2 Å². The van der Waals surface area contributed by atoms with Crippen LogP contribution in [0.4, 0.5) is 0 Å². The first-order valence-corrected chi connectivity index (χ1v) is 7.83. The largest absolute Gasteiger partial charge is 2.00 e. The Hall–Kier alpha value is -2.01. The Labute approximate surface area is 169 Å². The van der Waals surface area contributed by atoms with Gasteiger partial charge in [0.05, 0.1) is 21.3 Å². The minimum Gasteiger partial charge on any atom is -0.736 e. The number of aromatic nitrogens is 2. The molecule has 2 aromatic carbocycles. The smallest absolute Gasteiger partial charge is 0.736 e. The van der Waals surface area contributed by atoms with Crippen LogP contribution >= 0.6 is 0 Å². The molecule has 126 valence electrons. The van der Waals surface area contributed by atoms with Gasteiger partial charge in [-0.05, 0) is 17.5 Å². The molecule has 0 atom stereocenters. The fourth-order valence-electron chi connectivity index (χ4n) is 2.49. The zero-order chi connectivity index (χ0) is 17.1. The summed E-state index contributed by atoms with van der Waals surface area (Å²) in [6.07, 6.45) is 3.67. The van der Waals surface area contributed by atoms with Gasteiger partial charge in [0.2, 0.25) is 0 Å². The number of carbonyl (C=O) groups is 2. The Morgan fingerprint density at radius 3 is 1.48 bits per heavy atom. The second-order valence-electron chi connectivity index (χ2n) is 4.95. The Balaban J connectivity index is 0.000000283. The van der Waals surface area contributed by atoms with Crippen LogP contribution in [0.5, 0.6) is 0 Å². The first kappa shape index (κ1) is 19.3. The number of rotatable bonds is 1. The predicted molar refractivity (Wildman–Crippen MR) is 99.3 cm³/mol. The third-order valence-corrected chi connectivity index (χ3v) is 3.99.